The Bertz CT molecular complexity index is 818. The average molecular weight is 399 g/mol. The van der Waals surface area contributed by atoms with E-state index in [4.69, 9.17) is 4.74 Å². The normalized spacial score (nSPS) is 13.8. The second-order valence-electron chi connectivity index (χ2n) is 6.96. The smallest absolute Gasteiger partial charge is 0.254 e. The predicted molar refractivity (Wildman–Crippen MR) is 108 cm³/mol. The number of rotatable bonds is 7. The van der Waals surface area contributed by atoms with Crippen molar-refractivity contribution in [2.75, 3.05) is 39.8 Å². The molecule has 1 aliphatic heterocycles. The lowest BCUT2D eigenvalue weighted by molar-refractivity contribution is -0.132. The van der Waals surface area contributed by atoms with Crippen LogP contribution in [0, 0.1) is 5.82 Å². The van der Waals surface area contributed by atoms with E-state index < -0.39 is 0 Å². The van der Waals surface area contributed by atoms with Gasteiger partial charge in [-0.05, 0) is 42.0 Å². The van der Waals surface area contributed by atoms with Crippen LogP contribution in [0.25, 0.3) is 0 Å². The molecule has 1 N–H and O–H groups in total. The number of methoxy groups -OCH3 is 1. The molecule has 2 aromatic carbocycles. The van der Waals surface area contributed by atoms with E-state index in [2.05, 4.69) is 5.32 Å². The summed E-state index contributed by atoms with van der Waals surface area (Å²) in [6, 6.07) is 12.9. The first-order valence-corrected chi connectivity index (χ1v) is 9.73. The zero-order valence-electron chi connectivity index (χ0n) is 16.6. The third kappa shape index (κ3) is 5.77. The van der Waals surface area contributed by atoms with Crippen molar-refractivity contribution in [1.29, 1.82) is 0 Å². The van der Waals surface area contributed by atoms with Crippen LogP contribution in [0.2, 0.25) is 0 Å². The van der Waals surface area contributed by atoms with E-state index in [-0.39, 0.29) is 24.1 Å². The van der Waals surface area contributed by atoms with Crippen LogP contribution in [0.3, 0.4) is 0 Å². The van der Waals surface area contributed by atoms with Gasteiger partial charge in [0.15, 0.2) is 0 Å². The Morgan fingerprint density at radius 1 is 1.07 bits per heavy atom. The van der Waals surface area contributed by atoms with E-state index in [1.165, 1.54) is 12.1 Å². The summed E-state index contributed by atoms with van der Waals surface area (Å²) in [6.07, 6.45) is 0.253. The Labute approximate surface area is 170 Å². The third-order valence-electron chi connectivity index (χ3n) is 4.98. The number of hydrogen-bond acceptors (Lipinski definition) is 4. The summed E-state index contributed by atoms with van der Waals surface area (Å²) < 4.78 is 18.4. The Balaban J connectivity index is 1.71. The summed E-state index contributed by atoms with van der Waals surface area (Å²) in [5.74, 6) is 0.208. The van der Waals surface area contributed by atoms with Crippen LogP contribution in [-0.4, -0.2) is 61.4 Å². The van der Waals surface area contributed by atoms with Crippen molar-refractivity contribution in [3.05, 3.63) is 65.5 Å². The number of piperazine rings is 1. The first-order chi connectivity index (χ1) is 14.1. The number of carbonyl (C=O) groups excluding carboxylic acids is 2. The van der Waals surface area contributed by atoms with E-state index in [0.717, 1.165) is 18.7 Å². The van der Waals surface area contributed by atoms with Crippen LogP contribution >= 0.6 is 0 Å². The van der Waals surface area contributed by atoms with Gasteiger partial charge in [0.1, 0.15) is 11.6 Å². The summed E-state index contributed by atoms with van der Waals surface area (Å²) in [4.78, 5) is 29.1. The highest BCUT2D eigenvalue weighted by Gasteiger charge is 2.21. The molecule has 0 saturated carbocycles. The van der Waals surface area contributed by atoms with Crippen LogP contribution in [0.4, 0.5) is 4.39 Å². The highest BCUT2D eigenvalue weighted by Crippen LogP contribution is 2.16. The summed E-state index contributed by atoms with van der Waals surface area (Å²) in [5, 5.41) is 3.22. The van der Waals surface area contributed by atoms with Gasteiger partial charge in [0.05, 0.1) is 7.11 Å². The largest absolute Gasteiger partial charge is 0.497 e. The van der Waals surface area contributed by atoms with Gasteiger partial charge in [-0.15, -0.1) is 0 Å². The van der Waals surface area contributed by atoms with Gasteiger partial charge in [0, 0.05) is 51.3 Å². The number of nitrogens with one attached hydrogen (secondary N) is 1. The van der Waals surface area contributed by atoms with Gasteiger partial charge in [-0.2, -0.15) is 0 Å². The third-order valence-corrected chi connectivity index (χ3v) is 4.98. The number of ether oxygens (including phenoxy) is 1. The Hall–Kier alpha value is -2.93. The van der Waals surface area contributed by atoms with Gasteiger partial charge in [-0.25, -0.2) is 4.39 Å². The molecule has 0 spiro atoms. The molecule has 0 bridgehead atoms. The number of carbonyl (C=O) groups is 2. The van der Waals surface area contributed by atoms with Crippen molar-refractivity contribution in [3.8, 4) is 5.75 Å². The molecule has 0 unspecified atom stereocenters. The van der Waals surface area contributed by atoms with Crippen molar-refractivity contribution in [2.24, 2.45) is 0 Å². The van der Waals surface area contributed by atoms with Gasteiger partial charge in [-0.1, -0.05) is 12.1 Å². The summed E-state index contributed by atoms with van der Waals surface area (Å²) in [6.45, 7) is 3.54. The van der Waals surface area contributed by atoms with Gasteiger partial charge in [0.2, 0.25) is 5.91 Å². The molecule has 0 aromatic heterocycles. The zero-order chi connectivity index (χ0) is 20.6. The lowest BCUT2D eigenvalue weighted by Gasteiger charge is -2.29. The highest BCUT2D eigenvalue weighted by atomic mass is 19.1. The van der Waals surface area contributed by atoms with Crippen molar-refractivity contribution in [3.63, 3.8) is 0 Å². The lowest BCUT2D eigenvalue weighted by atomic mass is 10.1. The van der Waals surface area contributed by atoms with Crippen LogP contribution < -0.4 is 10.1 Å². The fourth-order valence-corrected chi connectivity index (χ4v) is 3.28. The van der Waals surface area contributed by atoms with Crippen molar-refractivity contribution in [2.45, 2.75) is 13.0 Å². The lowest BCUT2D eigenvalue weighted by Crippen LogP contribution is -2.47. The summed E-state index contributed by atoms with van der Waals surface area (Å²) in [7, 11) is 1.57. The first kappa shape index (κ1) is 20.8. The fraction of sp³-hybridized carbons (Fsp3) is 0.364. The topological polar surface area (TPSA) is 61.9 Å². The maximum atomic E-state index is 13.2. The second-order valence-corrected chi connectivity index (χ2v) is 6.96. The fourth-order valence-electron chi connectivity index (χ4n) is 3.28. The molecule has 154 valence electrons. The van der Waals surface area contributed by atoms with E-state index in [9.17, 15) is 14.0 Å². The zero-order valence-corrected chi connectivity index (χ0v) is 16.6. The monoisotopic (exact) mass is 399 g/mol. The van der Waals surface area contributed by atoms with Crippen LogP contribution in [0.5, 0.6) is 5.75 Å². The molecule has 29 heavy (non-hydrogen) atoms. The molecular weight excluding hydrogens is 373 g/mol. The molecule has 1 aliphatic rings. The van der Waals surface area contributed by atoms with Gasteiger partial charge in [0.25, 0.3) is 5.91 Å². The minimum absolute atomic E-state index is 0.0399. The SMILES string of the molecule is COc1ccc(C(=O)N(CCC(=O)N2CCNCC2)Cc2ccc(F)cc2)cc1. The minimum Gasteiger partial charge on any atom is -0.497 e. The van der Waals surface area contributed by atoms with Crippen molar-refractivity contribution < 1.29 is 18.7 Å². The highest BCUT2D eigenvalue weighted by molar-refractivity contribution is 5.94. The van der Waals surface area contributed by atoms with Gasteiger partial charge < -0.3 is 19.9 Å². The molecule has 2 amide bonds. The maximum Gasteiger partial charge on any atom is 0.254 e. The molecule has 3 rings (SSSR count). The molecule has 0 radical (unpaired) electrons. The quantitative estimate of drug-likeness (QED) is 0.776. The molecule has 1 fully saturated rings. The van der Waals surface area contributed by atoms with E-state index in [0.29, 0.717) is 37.5 Å². The molecule has 6 nitrogen and oxygen atoms in total. The number of nitrogens with zero attached hydrogens (tertiary/aromatic N) is 2. The van der Waals surface area contributed by atoms with Gasteiger partial charge >= 0.3 is 0 Å². The van der Waals surface area contributed by atoms with Crippen molar-refractivity contribution in [1.82, 2.24) is 15.1 Å². The van der Waals surface area contributed by atoms with Gasteiger partial charge in [-0.3, -0.25) is 9.59 Å². The average Bonchev–Trinajstić information content (AvgIpc) is 2.78. The molecule has 7 heteroatoms. The molecule has 0 aliphatic carbocycles. The Kier molecular flexibility index (Phi) is 7.19. The van der Waals surface area contributed by atoms with Crippen molar-refractivity contribution >= 4 is 11.8 Å². The van der Waals surface area contributed by atoms with E-state index in [1.54, 1.807) is 48.4 Å². The van der Waals surface area contributed by atoms with Crippen LogP contribution in [0.15, 0.2) is 48.5 Å². The summed E-state index contributed by atoms with van der Waals surface area (Å²) >= 11 is 0. The standard InChI is InChI=1S/C22H26FN3O3/c1-29-20-8-4-18(5-9-20)22(28)26(16-17-2-6-19(23)7-3-17)13-10-21(27)25-14-11-24-12-15-25/h2-9,24H,10-16H2,1H3. The Morgan fingerprint density at radius 3 is 2.34 bits per heavy atom. The first-order valence-electron chi connectivity index (χ1n) is 9.73. The minimum atomic E-state index is -0.323. The number of benzene rings is 2. The van der Waals surface area contributed by atoms with E-state index in [1.807, 2.05) is 4.90 Å². The second kappa shape index (κ2) is 10.0. The molecule has 1 saturated heterocycles. The molecule has 1 heterocycles. The van der Waals surface area contributed by atoms with Crippen LogP contribution in [-0.2, 0) is 11.3 Å². The maximum absolute atomic E-state index is 13.2. The number of amides is 2. The predicted octanol–water partition coefficient (Wildman–Crippen LogP) is 2.30. The van der Waals surface area contributed by atoms with E-state index >= 15 is 0 Å². The molecule has 0 atom stereocenters. The molecular formula is C22H26FN3O3. The number of hydrogen-bond donors (Lipinski definition) is 1. The molecule has 2 aromatic rings. The van der Waals surface area contributed by atoms with Crippen LogP contribution in [0.1, 0.15) is 22.3 Å². The summed E-state index contributed by atoms with van der Waals surface area (Å²) in [5.41, 5.74) is 1.32. The Morgan fingerprint density at radius 2 is 1.72 bits per heavy atom. The number of halogens is 1.